The molecule has 0 aliphatic carbocycles. The first kappa shape index (κ1) is 14.9. The highest BCUT2D eigenvalue weighted by Crippen LogP contribution is 2.24. The summed E-state index contributed by atoms with van der Waals surface area (Å²) in [6.07, 6.45) is 1.72. The Hall–Kier alpha value is -3.61. The molecule has 0 atom stereocenters. The van der Waals surface area contributed by atoms with Gasteiger partial charge in [0.2, 0.25) is 0 Å². The summed E-state index contributed by atoms with van der Waals surface area (Å²) in [6, 6.07) is 14.8. The summed E-state index contributed by atoms with van der Waals surface area (Å²) in [5.41, 5.74) is 7.87. The van der Waals surface area contributed by atoms with Crippen LogP contribution in [0, 0.1) is 0 Å². The number of H-pyrrole nitrogens is 2. The molecule has 0 radical (unpaired) electrons. The van der Waals surface area contributed by atoms with Crippen LogP contribution in [0.25, 0.3) is 22.2 Å². The van der Waals surface area contributed by atoms with Crippen LogP contribution in [-0.4, -0.2) is 19.7 Å². The molecule has 7 nitrogen and oxygen atoms in total. The quantitative estimate of drug-likeness (QED) is 0.496. The van der Waals surface area contributed by atoms with Crippen LogP contribution in [0.2, 0.25) is 0 Å². The van der Waals surface area contributed by atoms with Crippen molar-refractivity contribution in [2.45, 2.75) is 6.54 Å². The van der Waals surface area contributed by atoms with Gasteiger partial charge in [-0.3, -0.25) is 9.78 Å². The number of nitrogens with one attached hydrogen (secondary N) is 2. The highest BCUT2D eigenvalue weighted by atomic mass is 16.2. The molecule has 0 aliphatic rings. The normalized spacial score (nSPS) is 11.0. The summed E-state index contributed by atoms with van der Waals surface area (Å²) in [6.45, 7) is 0.241. The second kappa shape index (κ2) is 5.79. The number of nitrogens with two attached hydrogens (primary N) is 1. The molecular formula is C18H15N5O2. The van der Waals surface area contributed by atoms with Crippen molar-refractivity contribution < 1.29 is 0 Å². The predicted molar refractivity (Wildman–Crippen MR) is 96.4 cm³/mol. The summed E-state index contributed by atoms with van der Waals surface area (Å²) < 4.78 is 1.24. The predicted octanol–water partition coefficient (Wildman–Crippen LogP) is 1.71. The summed E-state index contributed by atoms with van der Waals surface area (Å²) in [5.74, 6) is 0. The minimum Gasteiger partial charge on any atom is -0.399 e. The van der Waals surface area contributed by atoms with Gasteiger partial charge >= 0.3 is 5.69 Å². The fourth-order valence-corrected chi connectivity index (χ4v) is 2.78. The molecule has 0 saturated heterocycles. The Morgan fingerprint density at radius 2 is 1.80 bits per heavy atom. The molecule has 0 amide bonds. The van der Waals surface area contributed by atoms with Gasteiger partial charge in [-0.2, -0.15) is 5.10 Å². The minimum atomic E-state index is -0.551. The molecule has 0 unspecified atom stereocenters. The van der Waals surface area contributed by atoms with Crippen LogP contribution in [-0.2, 0) is 6.54 Å². The van der Waals surface area contributed by atoms with Crippen LogP contribution in [0.15, 0.2) is 64.3 Å². The molecule has 25 heavy (non-hydrogen) atoms. The van der Waals surface area contributed by atoms with Gasteiger partial charge in [0.1, 0.15) is 0 Å². The average molecular weight is 333 g/mol. The van der Waals surface area contributed by atoms with Crippen molar-refractivity contribution in [3.05, 3.63) is 81.1 Å². The topological polar surface area (TPSA) is 110 Å². The highest BCUT2D eigenvalue weighted by Gasteiger charge is 2.13. The maximum absolute atomic E-state index is 12.3. The van der Waals surface area contributed by atoms with E-state index in [1.54, 1.807) is 18.3 Å². The Balaban J connectivity index is 1.83. The summed E-state index contributed by atoms with van der Waals surface area (Å²) in [5, 5.41) is 5.16. The standard InChI is InChI=1S/C18H15N5O2/c19-12-7-5-11(6-8-12)10-23-18(25)21-17(24)16(22-23)14-9-20-15-4-2-1-3-13(14)15/h1-9,20H,10,19H2,(H,21,24,25). The van der Waals surface area contributed by atoms with E-state index >= 15 is 0 Å². The summed E-state index contributed by atoms with van der Waals surface area (Å²) in [4.78, 5) is 29.8. The van der Waals surface area contributed by atoms with Crippen LogP contribution in [0.1, 0.15) is 5.56 Å². The van der Waals surface area contributed by atoms with Crippen LogP contribution in [0.4, 0.5) is 5.69 Å². The SMILES string of the molecule is Nc1ccc(Cn2nc(-c3c[nH]c4ccccc34)c(=O)[nH]c2=O)cc1. The number of para-hydroxylation sites is 1. The van der Waals surface area contributed by atoms with E-state index < -0.39 is 11.2 Å². The lowest BCUT2D eigenvalue weighted by molar-refractivity contribution is 0.612. The Morgan fingerprint density at radius 3 is 2.60 bits per heavy atom. The molecule has 2 heterocycles. The molecule has 0 aliphatic heterocycles. The first-order valence-corrected chi connectivity index (χ1v) is 7.74. The Labute approximate surface area is 141 Å². The number of hydrogen-bond acceptors (Lipinski definition) is 4. The van der Waals surface area contributed by atoms with E-state index in [2.05, 4.69) is 15.1 Å². The first-order chi connectivity index (χ1) is 12.1. The largest absolute Gasteiger partial charge is 0.399 e. The molecule has 0 bridgehead atoms. The van der Waals surface area contributed by atoms with Crippen molar-refractivity contribution in [1.82, 2.24) is 19.7 Å². The number of hydrogen-bond donors (Lipinski definition) is 3. The van der Waals surface area contributed by atoms with Gasteiger partial charge in [-0.05, 0) is 23.8 Å². The maximum Gasteiger partial charge on any atom is 0.345 e. The molecule has 0 saturated carbocycles. The second-order valence-corrected chi connectivity index (χ2v) is 5.76. The van der Waals surface area contributed by atoms with Gasteiger partial charge in [-0.25, -0.2) is 9.48 Å². The summed E-state index contributed by atoms with van der Waals surface area (Å²) >= 11 is 0. The van der Waals surface area contributed by atoms with E-state index in [4.69, 9.17) is 5.73 Å². The van der Waals surface area contributed by atoms with Gasteiger partial charge in [0.15, 0.2) is 5.69 Å². The molecule has 0 fully saturated rings. The average Bonchev–Trinajstić information content (AvgIpc) is 3.03. The lowest BCUT2D eigenvalue weighted by Crippen LogP contribution is -2.33. The van der Waals surface area contributed by atoms with Crippen molar-refractivity contribution in [2.75, 3.05) is 5.73 Å². The number of nitrogens with zero attached hydrogens (tertiary/aromatic N) is 2. The van der Waals surface area contributed by atoms with Crippen molar-refractivity contribution in [2.24, 2.45) is 0 Å². The molecule has 124 valence electrons. The fraction of sp³-hybridized carbons (Fsp3) is 0.0556. The third-order valence-electron chi connectivity index (χ3n) is 4.05. The van der Waals surface area contributed by atoms with E-state index in [1.807, 2.05) is 36.4 Å². The minimum absolute atomic E-state index is 0.201. The molecule has 2 aromatic heterocycles. The zero-order valence-corrected chi connectivity index (χ0v) is 13.2. The molecule has 0 spiro atoms. The van der Waals surface area contributed by atoms with Gasteiger partial charge in [0, 0.05) is 28.4 Å². The van der Waals surface area contributed by atoms with Crippen molar-refractivity contribution in [1.29, 1.82) is 0 Å². The highest BCUT2D eigenvalue weighted by molar-refractivity contribution is 5.94. The van der Waals surface area contributed by atoms with Gasteiger partial charge in [0.25, 0.3) is 5.56 Å². The summed E-state index contributed by atoms with van der Waals surface area (Å²) in [7, 11) is 0. The Morgan fingerprint density at radius 1 is 1.04 bits per heavy atom. The smallest absolute Gasteiger partial charge is 0.345 e. The van der Waals surface area contributed by atoms with Crippen molar-refractivity contribution in [3.63, 3.8) is 0 Å². The van der Waals surface area contributed by atoms with Crippen LogP contribution in [0.5, 0.6) is 0 Å². The molecule has 4 aromatic rings. The monoisotopic (exact) mass is 333 g/mol. The maximum atomic E-state index is 12.3. The van der Waals surface area contributed by atoms with Crippen molar-refractivity contribution in [3.8, 4) is 11.3 Å². The van der Waals surface area contributed by atoms with Gasteiger partial charge in [-0.15, -0.1) is 0 Å². The number of aromatic nitrogens is 4. The number of fused-ring (bicyclic) bond motifs is 1. The van der Waals surface area contributed by atoms with E-state index in [0.717, 1.165) is 16.5 Å². The number of rotatable bonds is 3. The fourth-order valence-electron chi connectivity index (χ4n) is 2.78. The number of nitrogen functional groups attached to an aromatic ring is 1. The third-order valence-corrected chi connectivity index (χ3v) is 4.05. The molecule has 7 heteroatoms. The van der Waals surface area contributed by atoms with E-state index in [1.165, 1.54) is 4.68 Å². The first-order valence-electron chi connectivity index (χ1n) is 7.74. The Bertz CT molecular complexity index is 1170. The molecule has 4 N–H and O–H groups in total. The second-order valence-electron chi connectivity index (χ2n) is 5.76. The van der Waals surface area contributed by atoms with Gasteiger partial charge in [0.05, 0.1) is 6.54 Å². The zero-order valence-electron chi connectivity index (χ0n) is 13.2. The van der Waals surface area contributed by atoms with Crippen LogP contribution < -0.4 is 17.0 Å². The number of aromatic amines is 2. The Kier molecular flexibility index (Phi) is 3.46. The van der Waals surface area contributed by atoms with E-state index in [0.29, 0.717) is 11.3 Å². The molecule has 4 rings (SSSR count). The van der Waals surface area contributed by atoms with E-state index in [9.17, 15) is 9.59 Å². The van der Waals surface area contributed by atoms with Gasteiger partial charge in [-0.1, -0.05) is 30.3 Å². The van der Waals surface area contributed by atoms with Crippen LogP contribution in [0.3, 0.4) is 0 Å². The van der Waals surface area contributed by atoms with Crippen molar-refractivity contribution >= 4 is 16.6 Å². The number of benzene rings is 2. The third kappa shape index (κ3) is 2.72. The lowest BCUT2D eigenvalue weighted by atomic mass is 10.1. The number of anilines is 1. The zero-order chi connectivity index (χ0) is 17.4. The molecular weight excluding hydrogens is 318 g/mol. The van der Waals surface area contributed by atoms with E-state index in [-0.39, 0.29) is 12.2 Å². The molecule has 2 aromatic carbocycles. The van der Waals surface area contributed by atoms with Gasteiger partial charge < -0.3 is 10.7 Å². The van der Waals surface area contributed by atoms with Crippen LogP contribution >= 0.6 is 0 Å². The lowest BCUT2D eigenvalue weighted by Gasteiger charge is -2.06.